The van der Waals surface area contributed by atoms with Gasteiger partial charge in [-0.15, -0.1) is 11.3 Å². The minimum absolute atomic E-state index is 0.587. The van der Waals surface area contributed by atoms with Crippen LogP contribution in [0, 0.1) is 5.92 Å². The maximum atomic E-state index is 5.70. The average Bonchev–Trinajstić information content (AvgIpc) is 2.82. The number of thiophene rings is 1. The zero-order valence-corrected chi connectivity index (χ0v) is 10.2. The van der Waals surface area contributed by atoms with Gasteiger partial charge in [-0.05, 0) is 56.8 Å². The van der Waals surface area contributed by atoms with Crippen molar-refractivity contribution in [2.24, 2.45) is 11.7 Å². The summed E-state index contributed by atoms with van der Waals surface area (Å²) in [6, 6.07) is 4.97. The van der Waals surface area contributed by atoms with E-state index >= 15 is 0 Å². The van der Waals surface area contributed by atoms with Gasteiger partial charge in [-0.2, -0.15) is 0 Å². The van der Waals surface area contributed by atoms with E-state index in [1.807, 2.05) is 11.3 Å². The molecule has 0 saturated carbocycles. The van der Waals surface area contributed by atoms with Crippen molar-refractivity contribution in [3.05, 3.63) is 22.4 Å². The standard InChI is InChI=1S/C12H20N2S/c1-10(12-3-2-8-15-12)14-6-4-11(9-13)5-7-14/h2-3,8,10-11H,4-7,9,13H2,1H3. The van der Waals surface area contributed by atoms with Crippen LogP contribution >= 0.6 is 11.3 Å². The van der Waals surface area contributed by atoms with Crippen molar-refractivity contribution in [2.45, 2.75) is 25.8 Å². The third-order valence-electron chi connectivity index (χ3n) is 3.49. The van der Waals surface area contributed by atoms with Gasteiger partial charge >= 0.3 is 0 Å². The molecule has 2 nitrogen and oxygen atoms in total. The molecule has 1 saturated heterocycles. The van der Waals surface area contributed by atoms with E-state index in [1.54, 1.807) is 0 Å². The predicted molar refractivity (Wildman–Crippen MR) is 66.1 cm³/mol. The molecule has 1 aliphatic heterocycles. The fourth-order valence-electron chi connectivity index (χ4n) is 2.28. The Morgan fingerprint density at radius 3 is 2.80 bits per heavy atom. The maximum absolute atomic E-state index is 5.70. The Hall–Kier alpha value is -0.380. The number of rotatable bonds is 3. The van der Waals surface area contributed by atoms with E-state index in [0.29, 0.717) is 6.04 Å². The Morgan fingerprint density at radius 2 is 2.27 bits per heavy atom. The van der Waals surface area contributed by atoms with Crippen LogP contribution in [0.3, 0.4) is 0 Å². The molecule has 1 fully saturated rings. The molecule has 1 aromatic heterocycles. The predicted octanol–water partition coefficient (Wildman–Crippen LogP) is 2.48. The summed E-state index contributed by atoms with van der Waals surface area (Å²) >= 11 is 1.86. The first-order valence-electron chi connectivity index (χ1n) is 5.78. The van der Waals surface area contributed by atoms with Gasteiger partial charge in [-0.3, -0.25) is 4.90 Å². The van der Waals surface area contributed by atoms with E-state index < -0.39 is 0 Å². The average molecular weight is 224 g/mol. The highest BCUT2D eigenvalue weighted by atomic mass is 32.1. The molecule has 2 N–H and O–H groups in total. The third-order valence-corrected chi connectivity index (χ3v) is 4.53. The summed E-state index contributed by atoms with van der Waals surface area (Å²) in [7, 11) is 0. The van der Waals surface area contributed by atoms with Gasteiger partial charge in [0.15, 0.2) is 0 Å². The van der Waals surface area contributed by atoms with Gasteiger partial charge < -0.3 is 5.73 Å². The van der Waals surface area contributed by atoms with Gasteiger partial charge in [0.05, 0.1) is 0 Å². The Kier molecular flexibility index (Phi) is 3.78. The Labute approximate surface area is 96.1 Å². The maximum Gasteiger partial charge on any atom is 0.0413 e. The lowest BCUT2D eigenvalue weighted by molar-refractivity contribution is 0.145. The van der Waals surface area contributed by atoms with Crippen molar-refractivity contribution < 1.29 is 0 Å². The molecule has 0 bridgehead atoms. The summed E-state index contributed by atoms with van der Waals surface area (Å²) in [6.45, 7) is 5.59. The summed E-state index contributed by atoms with van der Waals surface area (Å²) < 4.78 is 0. The Bertz CT molecular complexity index is 276. The van der Waals surface area contributed by atoms with Gasteiger partial charge in [0.2, 0.25) is 0 Å². The van der Waals surface area contributed by atoms with Crippen LogP contribution in [0.5, 0.6) is 0 Å². The Morgan fingerprint density at radius 1 is 1.53 bits per heavy atom. The van der Waals surface area contributed by atoms with Crippen LogP contribution in [0.4, 0.5) is 0 Å². The van der Waals surface area contributed by atoms with E-state index in [4.69, 9.17) is 5.73 Å². The molecule has 1 atom stereocenters. The van der Waals surface area contributed by atoms with Crippen LogP contribution in [0.25, 0.3) is 0 Å². The van der Waals surface area contributed by atoms with E-state index in [-0.39, 0.29) is 0 Å². The molecule has 15 heavy (non-hydrogen) atoms. The first-order chi connectivity index (χ1) is 7.31. The van der Waals surface area contributed by atoms with E-state index in [0.717, 1.165) is 12.5 Å². The topological polar surface area (TPSA) is 29.3 Å². The van der Waals surface area contributed by atoms with Crippen molar-refractivity contribution in [3.8, 4) is 0 Å². The Balaban J connectivity index is 1.90. The second-order valence-corrected chi connectivity index (χ2v) is 5.39. The van der Waals surface area contributed by atoms with Gasteiger partial charge in [-0.25, -0.2) is 0 Å². The number of piperidine rings is 1. The van der Waals surface area contributed by atoms with Crippen LogP contribution in [0.1, 0.15) is 30.7 Å². The molecular weight excluding hydrogens is 204 g/mol. The van der Waals surface area contributed by atoms with Gasteiger partial charge in [0.1, 0.15) is 0 Å². The van der Waals surface area contributed by atoms with Gasteiger partial charge in [-0.1, -0.05) is 6.07 Å². The highest BCUT2D eigenvalue weighted by molar-refractivity contribution is 7.10. The van der Waals surface area contributed by atoms with Gasteiger partial charge in [0, 0.05) is 10.9 Å². The minimum Gasteiger partial charge on any atom is -0.330 e. The van der Waals surface area contributed by atoms with E-state index in [9.17, 15) is 0 Å². The highest BCUT2D eigenvalue weighted by Crippen LogP contribution is 2.28. The monoisotopic (exact) mass is 224 g/mol. The van der Waals surface area contributed by atoms with Crippen LogP contribution in [-0.2, 0) is 0 Å². The SMILES string of the molecule is CC(c1cccs1)N1CCC(CN)CC1. The molecule has 84 valence electrons. The van der Waals surface area contributed by atoms with Crippen molar-refractivity contribution in [2.75, 3.05) is 19.6 Å². The van der Waals surface area contributed by atoms with Crippen LogP contribution in [0.15, 0.2) is 17.5 Å². The van der Waals surface area contributed by atoms with Crippen molar-refractivity contribution in [1.29, 1.82) is 0 Å². The van der Waals surface area contributed by atoms with Crippen LogP contribution < -0.4 is 5.73 Å². The molecule has 0 aliphatic carbocycles. The summed E-state index contributed by atoms with van der Waals surface area (Å²) in [5.74, 6) is 0.761. The molecule has 1 unspecified atom stereocenters. The number of hydrogen-bond donors (Lipinski definition) is 1. The third kappa shape index (κ3) is 2.60. The van der Waals surface area contributed by atoms with Crippen molar-refractivity contribution in [3.63, 3.8) is 0 Å². The smallest absolute Gasteiger partial charge is 0.0413 e. The molecule has 0 aromatic carbocycles. The zero-order chi connectivity index (χ0) is 10.7. The largest absolute Gasteiger partial charge is 0.330 e. The second kappa shape index (κ2) is 5.10. The summed E-state index contributed by atoms with van der Waals surface area (Å²) in [4.78, 5) is 4.07. The van der Waals surface area contributed by atoms with E-state index in [1.165, 1.54) is 30.8 Å². The highest BCUT2D eigenvalue weighted by Gasteiger charge is 2.22. The summed E-state index contributed by atoms with van der Waals surface area (Å²) in [5.41, 5.74) is 5.70. The summed E-state index contributed by atoms with van der Waals surface area (Å²) in [6.07, 6.45) is 2.54. The molecule has 0 spiro atoms. The second-order valence-electron chi connectivity index (χ2n) is 4.41. The molecule has 2 rings (SSSR count). The normalized spacial score (nSPS) is 21.7. The first-order valence-corrected chi connectivity index (χ1v) is 6.66. The van der Waals surface area contributed by atoms with Crippen molar-refractivity contribution >= 4 is 11.3 Å². The lowest BCUT2D eigenvalue weighted by Gasteiger charge is -2.35. The van der Waals surface area contributed by atoms with E-state index in [2.05, 4.69) is 29.3 Å². The quantitative estimate of drug-likeness (QED) is 0.854. The zero-order valence-electron chi connectivity index (χ0n) is 9.36. The molecule has 1 aliphatic rings. The lowest BCUT2D eigenvalue weighted by atomic mass is 9.96. The molecular formula is C12H20N2S. The number of likely N-dealkylation sites (tertiary alicyclic amines) is 1. The molecule has 2 heterocycles. The molecule has 1 aromatic rings. The van der Waals surface area contributed by atoms with Crippen LogP contribution in [0.2, 0.25) is 0 Å². The molecule has 0 radical (unpaired) electrons. The summed E-state index contributed by atoms with van der Waals surface area (Å²) in [5, 5.41) is 2.17. The first kappa shape index (κ1) is 11.1. The lowest BCUT2D eigenvalue weighted by Crippen LogP contribution is -2.37. The molecule has 0 amide bonds. The number of hydrogen-bond acceptors (Lipinski definition) is 3. The number of nitrogens with zero attached hydrogens (tertiary/aromatic N) is 1. The number of nitrogens with two attached hydrogens (primary N) is 1. The fourth-order valence-corrected chi connectivity index (χ4v) is 3.10. The van der Waals surface area contributed by atoms with Gasteiger partial charge in [0.25, 0.3) is 0 Å². The molecule has 3 heteroatoms. The minimum atomic E-state index is 0.587. The van der Waals surface area contributed by atoms with Crippen LogP contribution in [-0.4, -0.2) is 24.5 Å². The fraction of sp³-hybridized carbons (Fsp3) is 0.667. The van der Waals surface area contributed by atoms with Crippen molar-refractivity contribution in [1.82, 2.24) is 4.90 Å².